The van der Waals surface area contributed by atoms with Crippen molar-refractivity contribution in [3.8, 4) is 6.07 Å². The van der Waals surface area contributed by atoms with Crippen molar-refractivity contribution >= 4 is 12.1 Å². The van der Waals surface area contributed by atoms with Crippen molar-refractivity contribution in [2.24, 2.45) is 5.10 Å². The topological polar surface area (TPSA) is 70.2 Å². The van der Waals surface area contributed by atoms with Crippen LogP contribution in [0.3, 0.4) is 0 Å². The monoisotopic (exact) mass is 374 g/mol. The number of nitrogens with one attached hydrogen (secondary N) is 1. The Morgan fingerprint density at radius 2 is 1.96 bits per heavy atom. The summed E-state index contributed by atoms with van der Waals surface area (Å²) in [7, 11) is 0. The van der Waals surface area contributed by atoms with E-state index in [1.807, 2.05) is 44.2 Å². The smallest absolute Gasteiger partial charge is 0.274 e. The lowest BCUT2D eigenvalue weighted by atomic mass is 10.1. The van der Waals surface area contributed by atoms with Crippen LogP contribution in [-0.4, -0.2) is 16.7 Å². The third-order valence-corrected chi connectivity index (χ3v) is 4.51. The number of aromatic nitrogens is 1. The van der Waals surface area contributed by atoms with Crippen LogP contribution in [0, 0.1) is 31.0 Å². The average molecular weight is 374 g/mol. The van der Waals surface area contributed by atoms with Gasteiger partial charge in [-0.15, -0.1) is 0 Å². The van der Waals surface area contributed by atoms with E-state index < -0.39 is 11.7 Å². The minimum Gasteiger partial charge on any atom is -0.344 e. The normalized spacial score (nSPS) is 10.8. The van der Waals surface area contributed by atoms with Gasteiger partial charge in [0.05, 0.1) is 23.4 Å². The zero-order valence-corrected chi connectivity index (χ0v) is 15.6. The van der Waals surface area contributed by atoms with Crippen molar-refractivity contribution in [2.75, 3.05) is 0 Å². The highest BCUT2D eigenvalue weighted by Gasteiger charge is 2.12. The molecule has 3 rings (SSSR count). The van der Waals surface area contributed by atoms with Crippen LogP contribution in [0.5, 0.6) is 0 Å². The first-order valence-electron chi connectivity index (χ1n) is 8.73. The molecule has 5 nitrogen and oxygen atoms in total. The molecular formula is C22H19FN4O. The number of hydrogen-bond acceptors (Lipinski definition) is 3. The fourth-order valence-electron chi connectivity index (χ4n) is 2.96. The van der Waals surface area contributed by atoms with E-state index in [1.165, 1.54) is 17.7 Å². The van der Waals surface area contributed by atoms with Crippen molar-refractivity contribution in [2.45, 2.75) is 20.4 Å². The molecule has 0 aliphatic carbocycles. The van der Waals surface area contributed by atoms with Crippen LogP contribution in [0.25, 0.3) is 0 Å². The number of hydrazone groups is 1. The summed E-state index contributed by atoms with van der Waals surface area (Å²) in [4.78, 5) is 12.1. The second kappa shape index (κ2) is 8.31. The molecule has 0 aliphatic heterocycles. The van der Waals surface area contributed by atoms with Gasteiger partial charge in [-0.05, 0) is 43.7 Å². The van der Waals surface area contributed by atoms with Gasteiger partial charge in [-0.2, -0.15) is 10.4 Å². The Balaban J connectivity index is 1.72. The molecule has 0 bridgehead atoms. The average Bonchev–Trinajstić information content (AvgIpc) is 2.96. The molecular weight excluding hydrogens is 355 g/mol. The standard InChI is InChI=1S/C22H19FN4O/c1-15-10-19(16(2)27(15)14-17-6-4-3-5-7-17)13-25-26-22(28)20-9-8-18(12-24)11-21(20)23/h3-11,13H,14H2,1-2H3,(H,26,28). The minimum absolute atomic E-state index is 0.156. The third kappa shape index (κ3) is 4.15. The van der Waals surface area contributed by atoms with Crippen LogP contribution in [0.15, 0.2) is 59.7 Å². The molecule has 0 atom stereocenters. The molecule has 1 N–H and O–H groups in total. The van der Waals surface area contributed by atoms with Gasteiger partial charge in [0, 0.05) is 23.5 Å². The van der Waals surface area contributed by atoms with E-state index in [4.69, 9.17) is 5.26 Å². The molecule has 28 heavy (non-hydrogen) atoms. The van der Waals surface area contributed by atoms with E-state index >= 15 is 0 Å². The number of carbonyl (C=O) groups excluding carboxylic acids is 1. The first-order chi connectivity index (χ1) is 13.5. The van der Waals surface area contributed by atoms with Crippen LogP contribution in [-0.2, 0) is 6.54 Å². The van der Waals surface area contributed by atoms with Crippen LogP contribution in [0.2, 0.25) is 0 Å². The number of nitrogens with zero attached hydrogens (tertiary/aromatic N) is 3. The van der Waals surface area contributed by atoms with Gasteiger partial charge < -0.3 is 4.57 Å². The Morgan fingerprint density at radius 1 is 1.21 bits per heavy atom. The van der Waals surface area contributed by atoms with Crippen LogP contribution in [0.4, 0.5) is 4.39 Å². The maximum atomic E-state index is 13.9. The van der Waals surface area contributed by atoms with E-state index in [0.717, 1.165) is 29.6 Å². The molecule has 0 saturated heterocycles. The summed E-state index contributed by atoms with van der Waals surface area (Å²) in [5, 5.41) is 12.7. The fourth-order valence-corrected chi connectivity index (χ4v) is 2.96. The number of carbonyl (C=O) groups is 1. The van der Waals surface area contributed by atoms with Gasteiger partial charge >= 0.3 is 0 Å². The van der Waals surface area contributed by atoms with E-state index in [2.05, 4.69) is 27.2 Å². The first kappa shape index (κ1) is 19.1. The van der Waals surface area contributed by atoms with Gasteiger partial charge in [0.15, 0.2) is 0 Å². The number of nitriles is 1. The van der Waals surface area contributed by atoms with Crippen molar-refractivity contribution < 1.29 is 9.18 Å². The van der Waals surface area contributed by atoms with Crippen molar-refractivity contribution in [3.63, 3.8) is 0 Å². The number of rotatable bonds is 5. The van der Waals surface area contributed by atoms with E-state index in [-0.39, 0.29) is 11.1 Å². The molecule has 0 aliphatic rings. The molecule has 2 aromatic carbocycles. The Bertz CT molecular complexity index is 1080. The SMILES string of the molecule is Cc1cc(C=NNC(=O)c2ccc(C#N)cc2F)c(C)n1Cc1ccccc1. The lowest BCUT2D eigenvalue weighted by Gasteiger charge is -2.09. The molecule has 1 aromatic heterocycles. The maximum Gasteiger partial charge on any atom is 0.274 e. The van der Waals surface area contributed by atoms with Gasteiger partial charge in [0.1, 0.15) is 5.82 Å². The summed E-state index contributed by atoms with van der Waals surface area (Å²) >= 11 is 0. The maximum absolute atomic E-state index is 13.9. The summed E-state index contributed by atoms with van der Waals surface area (Å²) in [5.74, 6) is -1.43. The lowest BCUT2D eigenvalue weighted by Crippen LogP contribution is -2.19. The van der Waals surface area contributed by atoms with Crippen LogP contribution < -0.4 is 5.43 Å². The van der Waals surface area contributed by atoms with E-state index in [0.29, 0.717) is 0 Å². The summed E-state index contributed by atoms with van der Waals surface area (Å²) < 4.78 is 16.1. The van der Waals surface area contributed by atoms with Crippen molar-refractivity contribution in [1.29, 1.82) is 5.26 Å². The second-order valence-corrected chi connectivity index (χ2v) is 6.40. The Kier molecular flexibility index (Phi) is 5.66. The predicted molar refractivity (Wildman–Crippen MR) is 106 cm³/mol. The highest BCUT2D eigenvalue weighted by atomic mass is 19.1. The Morgan fingerprint density at radius 3 is 2.64 bits per heavy atom. The summed E-state index contributed by atoms with van der Waals surface area (Å²) in [6.45, 7) is 4.74. The lowest BCUT2D eigenvalue weighted by molar-refractivity contribution is 0.0951. The highest BCUT2D eigenvalue weighted by molar-refractivity contribution is 5.95. The predicted octanol–water partition coefficient (Wildman–Crippen LogP) is 3.93. The molecule has 0 spiro atoms. The minimum atomic E-state index is -0.757. The number of aryl methyl sites for hydroxylation is 1. The second-order valence-electron chi connectivity index (χ2n) is 6.40. The molecule has 1 heterocycles. The summed E-state index contributed by atoms with van der Waals surface area (Å²) in [6.07, 6.45) is 1.54. The number of halogens is 1. The van der Waals surface area contributed by atoms with Gasteiger partial charge in [-0.3, -0.25) is 4.79 Å². The van der Waals surface area contributed by atoms with Gasteiger partial charge in [-0.1, -0.05) is 30.3 Å². The number of hydrogen-bond donors (Lipinski definition) is 1. The van der Waals surface area contributed by atoms with Crippen molar-refractivity contribution in [1.82, 2.24) is 9.99 Å². The molecule has 0 saturated carbocycles. The zero-order valence-electron chi connectivity index (χ0n) is 15.6. The molecule has 0 unspecified atom stereocenters. The third-order valence-electron chi connectivity index (χ3n) is 4.51. The summed E-state index contributed by atoms with van der Waals surface area (Å²) in [6, 6.07) is 17.6. The molecule has 3 aromatic rings. The number of amides is 1. The molecule has 1 amide bonds. The summed E-state index contributed by atoms with van der Waals surface area (Å²) in [5.41, 5.74) is 6.48. The Labute approximate surface area is 162 Å². The molecule has 6 heteroatoms. The van der Waals surface area contributed by atoms with Crippen LogP contribution >= 0.6 is 0 Å². The van der Waals surface area contributed by atoms with Gasteiger partial charge in [0.25, 0.3) is 5.91 Å². The van der Waals surface area contributed by atoms with Crippen LogP contribution in [0.1, 0.15) is 38.4 Å². The quantitative estimate of drug-likeness (QED) is 0.543. The zero-order chi connectivity index (χ0) is 20.1. The van der Waals surface area contributed by atoms with E-state index in [9.17, 15) is 9.18 Å². The van der Waals surface area contributed by atoms with E-state index in [1.54, 1.807) is 6.21 Å². The van der Waals surface area contributed by atoms with Gasteiger partial charge in [0.2, 0.25) is 0 Å². The molecule has 0 fully saturated rings. The molecule has 0 radical (unpaired) electrons. The Hall–Kier alpha value is -3.72. The largest absolute Gasteiger partial charge is 0.344 e. The fraction of sp³-hybridized carbons (Fsp3) is 0.136. The highest BCUT2D eigenvalue weighted by Crippen LogP contribution is 2.16. The van der Waals surface area contributed by atoms with Gasteiger partial charge in [-0.25, -0.2) is 9.82 Å². The van der Waals surface area contributed by atoms with Crippen molar-refractivity contribution in [3.05, 3.63) is 94.1 Å². The first-order valence-corrected chi connectivity index (χ1v) is 8.73. The number of benzene rings is 2. The molecule has 140 valence electrons.